The fourth-order valence-corrected chi connectivity index (χ4v) is 4.83. The Kier molecular flexibility index (Phi) is 8.63. The average molecular weight is 543 g/mol. The van der Waals surface area contributed by atoms with Crippen molar-refractivity contribution >= 4 is 16.8 Å². The first-order valence-corrected chi connectivity index (χ1v) is 13.5. The highest BCUT2D eigenvalue weighted by molar-refractivity contribution is 5.79. The van der Waals surface area contributed by atoms with Gasteiger partial charge in [0.1, 0.15) is 5.82 Å². The Hall–Kier alpha value is -5.06. The van der Waals surface area contributed by atoms with Crippen LogP contribution in [0.15, 0.2) is 108 Å². The second kappa shape index (κ2) is 12.9. The Balaban J connectivity index is 1.39. The lowest BCUT2D eigenvalue weighted by Gasteiger charge is -2.23. The molecule has 0 aliphatic heterocycles. The van der Waals surface area contributed by atoms with Crippen LogP contribution >= 0.6 is 0 Å². The number of amides is 1. The molecule has 0 aliphatic rings. The summed E-state index contributed by atoms with van der Waals surface area (Å²) < 4.78 is 6.86. The Morgan fingerprint density at radius 3 is 2.27 bits per heavy atom. The molecule has 0 fully saturated rings. The molecule has 0 atom stereocenters. The van der Waals surface area contributed by atoms with Crippen molar-refractivity contribution in [3.63, 3.8) is 0 Å². The van der Waals surface area contributed by atoms with E-state index in [1.807, 2.05) is 60.7 Å². The summed E-state index contributed by atoms with van der Waals surface area (Å²) in [6, 6.07) is 34.4. The topological polar surface area (TPSA) is 88.2 Å². The molecule has 0 spiro atoms. The van der Waals surface area contributed by atoms with E-state index in [4.69, 9.17) is 9.72 Å². The number of hydrogen-bond donors (Lipinski definition) is 0. The van der Waals surface area contributed by atoms with Gasteiger partial charge in [0.2, 0.25) is 5.91 Å². The number of nitrogens with zero attached hydrogens (tertiary/aromatic N) is 4. The molecule has 0 unspecified atom stereocenters. The maximum Gasteiger partial charge on any atom is 0.265 e. The molecule has 7 nitrogen and oxygen atoms in total. The lowest BCUT2D eigenvalue weighted by Crippen LogP contribution is -2.37. The zero-order chi connectivity index (χ0) is 28.6. The van der Waals surface area contributed by atoms with Crippen molar-refractivity contribution in [1.82, 2.24) is 14.5 Å². The van der Waals surface area contributed by atoms with Gasteiger partial charge in [-0.05, 0) is 53.1 Å². The molecule has 0 N–H and O–H groups in total. The second-order valence-electron chi connectivity index (χ2n) is 9.71. The standard InChI is InChI=1S/C34H30N4O3/c1-41-22-21-37(33(39)23-25-11-15-28(16-12-25)27-7-3-2-4-8-27)20-19-32-36-31-10-6-5-9-30(31)34(40)38(32)29-17-13-26(24-35)14-18-29/h2-18H,19-23H2,1H3. The lowest BCUT2D eigenvalue weighted by atomic mass is 10.0. The van der Waals surface area contributed by atoms with Gasteiger partial charge in [0, 0.05) is 26.6 Å². The fraction of sp³-hybridized carbons (Fsp3) is 0.176. The Morgan fingerprint density at radius 2 is 1.56 bits per heavy atom. The number of para-hydroxylation sites is 1. The first-order chi connectivity index (χ1) is 20.1. The van der Waals surface area contributed by atoms with Crippen LogP contribution in [0, 0.1) is 11.3 Å². The van der Waals surface area contributed by atoms with Gasteiger partial charge in [-0.1, -0.05) is 66.7 Å². The maximum atomic E-state index is 13.6. The minimum atomic E-state index is -0.191. The van der Waals surface area contributed by atoms with Crippen LogP contribution in [0.4, 0.5) is 0 Å². The van der Waals surface area contributed by atoms with Crippen molar-refractivity contribution in [3.8, 4) is 22.9 Å². The van der Waals surface area contributed by atoms with E-state index in [1.165, 1.54) is 0 Å². The van der Waals surface area contributed by atoms with E-state index in [-0.39, 0.29) is 17.9 Å². The minimum Gasteiger partial charge on any atom is -0.383 e. The van der Waals surface area contributed by atoms with Crippen LogP contribution in [0.25, 0.3) is 27.7 Å². The summed E-state index contributed by atoms with van der Waals surface area (Å²) in [5, 5.41) is 9.72. The van der Waals surface area contributed by atoms with Crippen molar-refractivity contribution in [2.24, 2.45) is 0 Å². The molecule has 5 rings (SSSR count). The molecule has 1 aromatic heterocycles. The van der Waals surface area contributed by atoms with Crippen LogP contribution in [-0.2, 0) is 22.4 Å². The van der Waals surface area contributed by atoms with Crippen molar-refractivity contribution in [1.29, 1.82) is 5.26 Å². The number of fused-ring (bicyclic) bond motifs is 1. The molecule has 1 amide bonds. The van der Waals surface area contributed by atoms with E-state index < -0.39 is 0 Å². The summed E-state index contributed by atoms with van der Waals surface area (Å²) in [7, 11) is 1.61. The van der Waals surface area contributed by atoms with Gasteiger partial charge in [-0.15, -0.1) is 0 Å². The molecule has 204 valence electrons. The summed E-state index contributed by atoms with van der Waals surface area (Å²) in [6.07, 6.45) is 0.620. The van der Waals surface area contributed by atoms with Crippen molar-refractivity contribution < 1.29 is 9.53 Å². The fourth-order valence-electron chi connectivity index (χ4n) is 4.83. The average Bonchev–Trinajstić information content (AvgIpc) is 3.02. The summed E-state index contributed by atoms with van der Waals surface area (Å²) in [5.41, 5.74) is 4.69. The molecule has 0 saturated heterocycles. The molecule has 0 radical (unpaired) electrons. The summed E-state index contributed by atoms with van der Waals surface area (Å²) in [5.74, 6) is 0.517. The van der Waals surface area contributed by atoms with Crippen LogP contribution in [0.2, 0.25) is 0 Å². The van der Waals surface area contributed by atoms with Gasteiger partial charge in [-0.3, -0.25) is 14.2 Å². The van der Waals surface area contributed by atoms with E-state index in [0.29, 0.717) is 54.1 Å². The van der Waals surface area contributed by atoms with E-state index in [9.17, 15) is 14.9 Å². The number of aromatic nitrogens is 2. The summed E-state index contributed by atoms with van der Waals surface area (Å²) in [6.45, 7) is 1.18. The number of rotatable bonds is 10. The highest BCUT2D eigenvalue weighted by atomic mass is 16.5. The predicted molar refractivity (Wildman–Crippen MR) is 160 cm³/mol. The molecule has 0 bridgehead atoms. The number of hydrogen-bond acceptors (Lipinski definition) is 5. The molecule has 1 heterocycles. The molecule has 41 heavy (non-hydrogen) atoms. The maximum absolute atomic E-state index is 13.6. The van der Waals surface area contributed by atoms with E-state index in [1.54, 1.807) is 46.9 Å². The largest absolute Gasteiger partial charge is 0.383 e. The molecule has 0 aliphatic carbocycles. The Labute approximate surface area is 238 Å². The van der Waals surface area contributed by atoms with Crippen molar-refractivity contribution in [2.45, 2.75) is 12.8 Å². The number of methoxy groups -OCH3 is 1. The monoisotopic (exact) mass is 542 g/mol. The highest BCUT2D eigenvalue weighted by Crippen LogP contribution is 2.20. The Morgan fingerprint density at radius 1 is 0.878 bits per heavy atom. The molecular formula is C34H30N4O3. The van der Waals surface area contributed by atoms with Crippen LogP contribution in [0.3, 0.4) is 0 Å². The first kappa shape index (κ1) is 27.5. The summed E-state index contributed by atoms with van der Waals surface area (Å²) >= 11 is 0. The van der Waals surface area contributed by atoms with Gasteiger partial charge in [-0.2, -0.15) is 5.26 Å². The number of nitriles is 1. The molecule has 5 aromatic rings. The number of carbonyl (C=O) groups is 1. The van der Waals surface area contributed by atoms with Crippen LogP contribution in [-0.4, -0.2) is 47.2 Å². The Bertz CT molecular complexity index is 1740. The van der Waals surface area contributed by atoms with E-state index in [0.717, 1.165) is 16.7 Å². The molecule has 4 aromatic carbocycles. The van der Waals surface area contributed by atoms with Gasteiger partial charge in [0.05, 0.1) is 41.3 Å². The molecule has 0 saturated carbocycles. The minimum absolute atomic E-state index is 0.0254. The van der Waals surface area contributed by atoms with E-state index in [2.05, 4.69) is 18.2 Å². The van der Waals surface area contributed by atoms with Gasteiger partial charge in [-0.25, -0.2) is 4.98 Å². The predicted octanol–water partition coefficient (Wildman–Crippen LogP) is 5.18. The van der Waals surface area contributed by atoms with Crippen LogP contribution in [0.5, 0.6) is 0 Å². The highest BCUT2D eigenvalue weighted by Gasteiger charge is 2.18. The van der Waals surface area contributed by atoms with Gasteiger partial charge in [0.15, 0.2) is 0 Å². The molecular weight excluding hydrogens is 512 g/mol. The third-order valence-electron chi connectivity index (χ3n) is 7.04. The normalized spacial score (nSPS) is 10.8. The van der Waals surface area contributed by atoms with Crippen molar-refractivity contribution in [2.75, 3.05) is 26.8 Å². The number of ether oxygens (including phenoxy) is 1. The molecule has 7 heteroatoms. The van der Waals surface area contributed by atoms with Crippen LogP contribution in [0.1, 0.15) is 17.0 Å². The quantitative estimate of drug-likeness (QED) is 0.243. The zero-order valence-electron chi connectivity index (χ0n) is 22.9. The third-order valence-corrected chi connectivity index (χ3v) is 7.04. The first-order valence-electron chi connectivity index (χ1n) is 13.5. The SMILES string of the molecule is COCCN(CCc1nc2ccccc2c(=O)n1-c1ccc(C#N)cc1)C(=O)Cc1ccc(-c2ccccc2)cc1. The number of benzene rings is 4. The van der Waals surface area contributed by atoms with Gasteiger partial charge >= 0.3 is 0 Å². The van der Waals surface area contributed by atoms with Gasteiger partial charge in [0.25, 0.3) is 5.56 Å². The van der Waals surface area contributed by atoms with Gasteiger partial charge < -0.3 is 9.64 Å². The lowest BCUT2D eigenvalue weighted by molar-refractivity contribution is -0.131. The number of carbonyl (C=O) groups excluding carboxylic acids is 1. The zero-order valence-corrected chi connectivity index (χ0v) is 22.9. The van der Waals surface area contributed by atoms with Crippen LogP contribution < -0.4 is 5.56 Å². The smallest absolute Gasteiger partial charge is 0.265 e. The van der Waals surface area contributed by atoms with E-state index >= 15 is 0 Å². The third kappa shape index (κ3) is 6.40. The summed E-state index contributed by atoms with van der Waals surface area (Å²) in [4.78, 5) is 33.6. The van der Waals surface area contributed by atoms with Crippen molar-refractivity contribution in [3.05, 3.63) is 130 Å². The second-order valence-corrected chi connectivity index (χ2v) is 9.71.